The van der Waals surface area contributed by atoms with Gasteiger partial charge in [-0.2, -0.15) is 0 Å². The van der Waals surface area contributed by atoms with Crippen LogP contribution in [0.5, 0.6) is 11.6 Å². The number of ether oxygens (including phenoxy) is 2. The van der Waals surface area contributed by atoms with E-state index in [-0.39, 0.29) is 50.5 Å². The minimum atomic E-state index is -0.909. The molecule has 3 atom stereocenters. The molecule has 2 aliphatic rings. The van der Waals surface area contributed by atoms with Gasteiger partial charge in [0.05, 0.1) is 22.2 Å². The van der Waals surface area contributed by atoms with Crippen molar-refractivity contribution in [3.8, 4) is 33.2 Å². The highest BCUT2D eigenvalue weighted by molar-refractivity contribution is 7.13. The van der Waals surface area contributed by atoms with E-state index in [1.165, 1.54) is 16.2 Å². The van der Waals surface area contributed by atoms with Crippen LogP contribution in [0.1, 0.15) is 47.4 Å². The Morgan fingerprint density at radius 2 is 1.75 bits per heavy atom. The largest absolute Gasteiger partial charge is 0.490 e. The molecule has 6 heterocycles. The zero-order valence-electron chi connectivity index (χ0n) is 34.0. The fourth-order valence-corrected chi connectivity index (χ4v) is 9.27. The van der Waals surface area contributed by atoms with E-state index in [1.807, 2.05) is 81.6 Å². The molecule has 4 aromatic heterocycles. The van der Waals surface area contributed by atoms with Gasteiger partial charge in [0.15, 0.2) is 0 Å². The van der Waals surface area contributed by atoms with Crippen molar-refractivity contribution < 1.29 is 29.0 Å². The van der Waals surface area contributed by atoms with Crippen molar-refractivity contribution in [1.29, 1.82) is 0 Å². The molecule has 9 rings (SSSR count). The zero-order chi connectivity index (χ0) is 42.2. The molecule has 1 fully saturated rings. The first-order chi connectivity index (χ1) is 29.6. The summed E-state index contributed by atoms with van der Waals surface area (Å²) < 4.78 is 12.3. The van der Waals surface area contributed by atoms with E-state index in [0.29, 0.717) is 23.7 Å². The molecule has 3 amide bonds. The van der Waals surface area contributed by atoms with Crippen LogP contribution < -0.4 is 14.8 Å². The number of carbonyl (C=O) groups is 3. The second kappa shape index (κ2) is 16.8. The maximum atomic E-state index is 14.2. The maximum Gasteiger partial charge on any atom is 0.255 e. The predicted molar refractivity (Wildman–Crippen MR) is 233 cm³/mol. The molecule has 2 aliphatic heterocycles. The Kier molecular flexibility index (Phi) is 11.0. The first-order valence-electron chi connectivity index (χ1n) is 20.4. The maximum absolute atomic E-state index is 14.2. The Bertz CT molecular complexity index is 2770. The number of amides is 3. The van der Waals surface area contributed by atoms with E-state index in [1.54, 1.807) is 28.9 Å². The fraction of sp³-hybridized carbons (Fsp3) is 0.277. The predicted octanol–water partition coefficient (Wildman–Crippen LogP) is 6.93. The molecule has 310 valence electrons. The van der Waals surface area contributed by atoms with Crippen molar-refractivity contribution in [1.82, 2.24) is 35.1 Å². The van der Waals surface area contributed by atoms with Gasteiger partial charge in [0.25, 0.3) is 5.91 Å². The number of benzene rings is 3. The molecule has 3 N–H and O–H groups in total. The number of H-pyrrole nitrogens is 1. The molecule has 0 spiro atoms. The summed E-state index contributed by atoms with van der Waals surface area (Å²) in [7, 11) is 0. The van der Waals surface area contributed by atoms with Crippen LogP contribution >= 0.6 is 11.3 Å². The zero-order valence-corrected chi connectivity index (χ0v) is 34.8. The summed E-state index contributed by atoms with van der Waals surface area (Å²) in [6.07, 6.45) is 4.65. The van der Waals surface area contributed by atoms with E-state index in [2.05, 4.69) is 43.5 Å². The monoisotopic (exact) mass is 835 g/mol. The molecule has 0 bridgehead atoms. The Balaban J connectivity index is 0.856. The lowest BCUT2D eigenvalue weighted by Crippen LogP contribution is -2.55. The van der Waals surface area contributed by atoms with E-state index in [4.69, 9.17) is 9.47 Å². The molecule has 61 heavy (non-hydrogen) atoms. The minimum Gasteiger partial charge on any atom is -0.490 e. The molecule has 14 heteroatoms. The summed E-state index contributed by atoms with van der Waals surface area (Å²) >= 11 is 1.53. The van der Waals surface area contributed by atoms with Crippen LogP contribution in [0.2, 0.25) is 0 Å². The highest BCUT2D eigenvalue weighted by Crippen LogP contribution is 2.34. The number of pyridine rings is 2. The molecule has 0 radical (unpaired) electrons. The third-order valence-electron chi connectivity index (χ3n) is 11.5. The Labute approximate surface area is 356 Å². The van der Waals surface area contributed by atoms with E-state index >= 15 is 0 Å². The average Bonchev–Trinajstić information content (AvgIpc) is 4.06. The van der Waals surface area contributed by atoms with Crippen molar-refractivity contribution in [2.24, 2.45) is 5.92 Å². The van der Waals surface area contributed by atoms with E-state index in [0.717, 1.165) is 60.2 Å². The average molecular weight is 836 g/mol. The van der Waals surface area contributed by atoms with Crippen molar-refractivity contribution in [3.05, 3.63) is 125 Å². The Morgan fingerprint density at radius 3 is 2.54 bits per heavy atom. The van der Waals surface area contributed by atoms with E-state index in [9.17, 15) is 19.5 Å². The topological polar surface area (TPSA) is 163 Å². The molecular formula is C47H45N7O6S. The second-order valence-corrected chi connectivity index (χ2v) is 16.7. The summed E-state index contributed by atoms with van der Waals surface area (Å²) in [5.74, 6) is -0.156. The lowest BCUT2D eigenvalue weighted by molar-refractivity contribution is -0.143. The van der Waals surface area contributed by atoms with Crippen molar-refractivity contribution in [3.63, 3.8) is 0 Å². The first-order valence-corrected chi connectivity index (χ1v) is 21.3. The number of aliphatic hydroxyl groups excluding tert-OH is 1. The summed E-state index contributed by atoms with van der Waals surface area (Å²) in [5.41, 5.74) is 9.85. The number of β-amino-alcohol motifs (C(OH)–C–C–N with tert-alkyl or cyclic N) is 1. The summed E-state index contributed by atoms with van der Waals surface area (Å²) in [6, 6.07) is 23.5. The van der Waals surface area contributed by atoms with Gasteiger partial charge in [-0.1, -0.05) is 56.3 Å². The molecule has 3 aromatic carbocycles. The van der Waals surface area contributed by atoms with Crippen LogP contribution in [0.25, 0.3) is 43.4 Å². The van der Waals surface area contributed by atoms with Gasteiger partial charge in [-0.15, -0.1) is 11.3 Å². The smallest absolute Gasteiger partial charge is 0.255 e. The van der Waals surface area contributed by atoms with E-state index < -0.39 is 24.1 Å². The first kappa shape index (κ1) is 39.8. The Morgan fingerprint density at radius 1 is 0.934 bits per heavy atom. The number of aliphatic hydroxyl groups is 1. The van der Waals surface area contributed by atoms with Crippen LogP contribution in [0.4, 0.5) is 0 Å². The number of carbonyl (C=O) groups excluding carboxylic acids is 3. The van der Waals surface area contributed by atoms with Gasteiger partial charge >= 0.3 is 0 Å². The summed E-state index contributed by atoms with van der Waals surface area (Å²) in [4.78, 5) is 62.3. The third kappa shape index (κ3) is 7.91. The molecule has 0 saturated carbocycles. The second-order valence-electron chi connectivity index (χ2n) is 15.9. The van der Waals surface area contributed by atoms with Crippen molar-refractivity contribution >= 4 is 50.9 Å². The highest BCUT2D eigenvalue weighted by atomic mass is 32.1. The number of aryl methyl sites for hydroxylation is 1. The Hall–Kier alpha value is -6.64. The summed E-state index contributed by atoms with van der Waals surface area (Å²) in [6.45, 7) is 6.59. The number of aromatic nitrogens is 4. The number of hydrogen-bond donors (Lipinski definition) is 3. The van der Waals surface area contributed by atoms with Gasteiger partial charge in [-0.25, -0.2) is 9.97 Å². The highest BCUT2D eigenvalue weighted by Gasteiger charge is 2.45. The van der Waals surface area contributed by atoms with Crippen LogP contribution in [-0.2, 0) is 22.7 Å². The van der Waals surface area contributed by atoms with Gasteiger partial charge in [0, 0.05) is 89.2 Å². The summed E-state index contributed by atoms with van der Waals surface area (Å²) in [5, 5.41) is 16.0. The molecule has 0 aliphatic carbocycles. The third-order valence-corrected chi connectivity index (χ3v) is 12.5. The minimum absolute atomic E-state index is 0.00279. The standard InChI is InChI=1S/C47H45N7O6S/c1-27(2)43(54-24-33-6-4-5-7-35(33)46(54)57)47(58)53-25-34(55)20-40(53)45(56)50-22-32-9-8-30(44-28(3)51-26-61-44)19-41(32)59-16-17-60-42-13-11-31(21-49-42)29-10-12-36-37-23-48-15-14-38(37)52-39(36)18-29/h4-15,18-19,21,23,26-27,34,40,43,52,55H,16-17,20,22,24-25H2,1-3H3,(H,50,56)/t34-,40+,43+/m1/s1. The number of nitrogens with zero attached hydrogens (tertiary/aromatic N) is 5. The lowest BCUT2D eigenvalue weighted by atomic mass is 10.0. The van der Waals surface area contributed by atoms with Gasteiger partial charge in [0.2, 0.25) is 17.7 Å². The fourth-order valence-electron chi connectivity index (χ4n) is 8.47. The SMILES string of the molecule is Cc1ncsc1-c1ccc(CNC(=O)[C@@H]2C[C@@H](O)CN2C(=O)[C@H](C(C)C)N2Cc3ccccc3C2=O)c(OCCOc2ccc(-c3ccc4c(c3)[nH]c3ccncc34)cn2)c1. The lowest BCUT2D eigenvalue weighted by Gasteiger charge is -2.35. The van der Waals surface area contributed by atoms with Gasteiger partial charge in [-0.05, 0) is 59.9 Å². The van der Waals surface area contributed by atoms with Gasteiger partial charge < -0.3 is 34.7 Å². The number of hydrogen-bond acceptors (Lipinski definition) is 10. The molecular weight excluding hydrogens is 791 g/mol. The van der Waals surface area contributed by atoms with Gasteiger partial charge in [-0.3, -0.25) is 19.4 Å². The number of nitrogens with one attached hydrogen (secondary N) is 2. The van der Waals surface area contributed by atoms with Gasteiger partial charge in [0.1, 0.15) is 31.0 Å². The van der Waals surface area contributed by atoms with Crippen LogP contribution in [0.3, 0.4) is 0 Å². The number of rotatable bonds is 13. The van der Waals surface area contributed by atoms with Crippen LogP contribution in [-0.4, -0.2) is 90.5 Å². The number of thiazole rings is 1. The normalized spacial score (nSPS) is 16.7. The number of aromatic amines is 1. The molecule has 7 aromatic rings. The quantitative estimate of drug-likeness (QED) is 0.105. The molecule has 13 nitrogen and oxygen atoms in total. The number of likely N-dealkylation sites (tertiary alicyclic amines) is 1. The van der Waals surface area contributed by atoms with Crippen LogP contribution in [0, 0.1) is 12.8 Å². The van der Waals surface area contributed by atoms with Crippen molar-refractivity contribution in [2.45, 2.75) is 58.5 Å². The molecule has 1 saturated heterocycles. The number of fused-ring (bicyclic) bond motifs is 4. The van der Waals surface area contributed by atoms with Crippen LogP contribution in [0.15, 0.2) is 103 Å². The molecule has 0 unspecified atom stereocenters. The van der Waals surface area contributed by atoms with Crippen molar-refractivity contribution in [2.75, 3.05) is 19.8 Å².